The van der Waals surface area contributed by atoms with Crippen molar-refractivity contribution in [3.8, 4) is 0 Å². The average molecular weight is 242 g/mol. The molecule has 0 amide bonds. The van der Waals surface area contributed by atoms with E-state index in [4.69, 9.17) is 4.74 Å². The lowest BCUT2D eigenvalue weighted by atomic mass is 10.1. The minimum Gasteiger partial charge on any atom is -0.378 e. The Bertz CT molecular complexity index is 133. The van der Waals surface area contributed by atoms with Crippen LogP contribution in [0, 0.1) is 0 Å². The Morgan fingerprint density at radius 3 is 1.88 bits per heavy atom. The van der Waals surface area contributed by atoms with Gasteiger partial charge in [-0.2, -0.15) is 0 Å². The van der Waals surface area contributed by atoms with Crippen LogP contribution in [0.5, 0.6) is 0 Å². The van der Waals surface area contributed by atoms with E-state index in [1.165, 1.54) is 70.6 Å². The molecule has 0 fully saturated rings. The van der Waals surface area contributed by atoms with E-state index in [0.29, 0.717) is 6.10 Å². The van der Waals surface area contributed by atoms with Gasteiger partial charge in [-0.1, -0.05) is 72.1 Å². The van der Waals surface area contributed by atoms with Gasteiger partial charge in [0, 0.05) is 6.61 Å². The molecule has 1 atom stereocenters. The quantitative estimate of drug-likeness (QED) is 0.375. The second kappa shape index (κ2) is 14.0. The summed E-state index contributed by atoms with van der Waals surface area (Å²) in [5.41, 5.74) is 0. The Morgan fingerprint density at radius 2 is 1.29 bits per heavy atom. The van der Waals surface area contributed by atoms with Crippen molar-refractivity contribution in [1.29, 1.82) is 0 Å². The van der Waals surface area contributed by atoms with Crippen LogP contribution < -0.4 is 0 Å². The van der Waals surface area contributed by atoms with Crippen LogP contribution in [0.25, 0.3) is 0 Å². The van der Waals surface area contributed by atoms with Crippen molar-refractivity contribution in [2.24, 2.45) is 0 Å². The van der Waals surface area contributed by atoms with E-state index in [0.717, 1.165) is 6.61 Å². The first kappa shape index (κ1) is 17.0. The Labute approximate surface area is 109 Å². The summed E-state index contributed by atoms with van der Waals surface area (Å²) < 4.78 is 5.95. The topological polar surface area (TPSA) is 9.23 Å². The molecular weight excluding hydrogens is 208 g/mol. The van der Waals surface area contributed by atoms with Gasteiger partial charge in [0.1, 0.15) is 0 Å². The highest BCUT2D eigenvalue weighted by molar-refractivity contribution is 4.56. The van der Waals surface area contributed by atoms with Crippen molar-refractivity contribution < 1.29 is 4.74 Å². The minimum atomic E-state index is 0.526. The molecule has 1 nitrogen and oxygen atoms in total. The van der Waals surface area contributed by atoms with Gasteiger partial charge in [-0.15, -0.1) is 0 Å². The Balaban J connectivity index is 3.28. The highest BCUT2D eigenvalue weighted by Gasteiger charge is 2.05. The van der Waals surface area contributed by atoms with Gasteiger partial charge in [-0.05, 0) is 19.3 Å². The zero-order chi connectivity index (χ0) is 12.8. The van der Waals surface area contributed by atoms with Crippen LogP contribution in [0.4, 0.5) is 0 Å². The highest BCUT2D eigenvalue weighted by atomic mass is 16.5. The summed E-state index contributed by atoms with van der Waals surface area (Å²) in [4.78, 5) is 0. The molecule has 0 bridgehead atoms. The Kier molecular flexibility index (Phi) is 14.0. The fraction of sp³-hybridized carbons (Fsp3) is 1.00. The first-order valence-electron chi connectivity index (χ1n) is 7.96. The number of rotatable bonds is 13. The predicted octanol–water partition coefficient (Wildman–Crippen LogP) is 5.72. The molecule has 1 heteroatoms. The summed E-state index contributed by atoms with van der Waals surface area (Å²) in [6.45, 7) is 7.77. The van der Waals surface area contributed by atoms with Gasteiger partial charge >= 0.3 is 0 Å². The molecule has 0 aliphatic heterocycles. The first-order valence-corrected chi connectivity index (χ1v) is 7.96. The number of hydrogen-bond donors (Lipinski definition) is 0. The second-order valence-corrected chi connectivity index (χ2v) is 5.16. The summed E-state index contributed by atoms with van der Waals surface area (Å²) in [7, 11) is 0. The lowest BCUT2D eigenvalue weighted by Crippen LogP contribution is -2.12. The molecule has 0 aliphatic rings. The van der Waals surface area contributed by atoms with Crippen LogP contribution in [0.15, 0.2) is 0 Å². The van der Waals surface area contributed by atoms with E-state index in [1.807, 2.05) is 0 Å². The van der Waals surface area contributed by atoms with E-state index < -0.39 is 0 Å². The second-order valence-electron chi connectivity index (χ2n) is 5.16. The lowest BCUT2D eigenvalue weighted by molar-refractivity contribution is 0.0407. The molecule has 0 aromatic heterocycles. The molecule has 0 N–H and O–H groups in total. The summed E-state index contributed by atoms with van der Waals surface area (Å²) in [5.74, 6) is 0. The molecule has 0 heterocycles. The molecule has 0 radical (unpaired) electrons. The van der Waals surface area contributed by atoms with E-state index in [2.05, 4.69) is 20.8 Å². The summed E-state index contributed by atoms with van der Waals surface area (Å²) in [6, 6.07) is 0. The third-order valence-electron chi connectivity index (χ3n) is 3.44. The molecule has 0 aromatic carbocycles. The summed E-state index contributed by atoms with van der Waals surface area (Å²) in [6.07, 6.45) is 15.1. The van der Waals surface area contributed by atoms with Gasteiger partial charge in [0.25, 0.3) is 0 Å². The van der Waals surface area contributed by atoms with Gasteiger partial charge < -0.3 is 4.74 Å². The Morgan fingerprint density at radius 1 is 0.706 bits per heavy atom. The van der Waals surface area contributed by atoms with Crippen LogP contribution in [0.3, 0.4) is 0 Å². The molecule has 0 aromatic rings. The summed E-state index contributed by atoms with van der Waals surface area (Å²) >= 11 is 0. The van der Waals surface area contributed by atoms with Crippen molar-refractivity contribution in [1.82, 2.24) is 0 Å². The molecular formula is C16H34O. The van der Waals surface area contributed by atoms with E-state index in [9.17, 15) is 0 Å². The van der Waals surface area contributed by atoms with Crippen LogP contribution >= 0.6 is 0 Å². The van der Waals surface area contributed by atoms with Crippen molar-refractivity contribution in [2.45, 2.75) is 97.5 Å². The van der Waals surface area contributed by atoms with Crippen LogP contribution in [-0.4, -0.2) is 12.7 Å². The fourth-order valence-corrected chi connectivity index (χ4v) is 2.16. The maximum Gasteiger partial charge on any atom is 0.0572 e. The first-order chi connectivity index (χ1) is 8.35. The monoisotopic (exact) mass is 242 g/mol. The summed E-state index contributed by atoms with van der Waals surface area (Å²) in [5, 5.41) is 0. The maximum absolute atomic E-state index is 5.95. The molecule has 0 saturated heterocycles. The fourth-order valence-electron chi connectivity index (χ4n) is 2.16. The number of ether oxygens (including phenoxy) is 1. The molecule has 104 valence electrons. The molecule has 0 rings (SSSR count). The van der Waals surface area contributed by atoms with Gasteiger partial charge in [0.15, 0.2) is 0 Å². The van der Waals surface area contributed by atoms with Crippen LogP contribution in [-0.2, 0) is 4.74 Å². The third-order valence-corrected chi connectivity index (χ3v) is 3.44. The molecule has 0 saturated carbocycles. The zero-order valence-electron chi connectivity index (χ0n) is 12.5. The Hall–Kier alpha value is -0.0400. The molecule has 0 spiro atoms. The lowest BCUT2D eigenvalue weighted by Gasteiger charge is -2.15. The van der Waals surface area contributed by atoms with Crippen LogP contribution in [0.2, 0.25) is 0 Å². The maximum atomic E-state index is 5.95. The normalized spacial score (nSPS) is 12.9. The van der Waals surface area contributed by atoms with Crippen molar-refractivity contribution >= 4 is 0 Å². The van der Waals surface area contributed by atoms with Gasteiger partial charge in [0.05, 0.1) is 6.10 Å². The van der Waals surface area contributed by atoms with Crippen molar-refractivity contribution in [3.05, 3.63) is 0 Å². The largest absolute Gasteiger partial charge is 0.378 e. The van der Waals surface area contributed by atoms with E-state index >= 15 is 0 Å². The third kappa shape index (κ3) is 12.2. The smallest absolute Gasteiger partial charge is 0.0572 e. The highest BCUT2D eigenvalue weighted by Crippen LogP contribution is 2.12. The zero-order valence-corrected chi connectivity index (χ0v) is 12.5. The minimum absolute atomic E-state index is 0.526. The van der Waals surface area contributed by atoms with Crippen molar-refractivity contribution in [2.75, 3.05) is 6.61 Å². The number of unbranched alkanes of at least 4 members (excludes halogenated alkanes) is 7. The average Bonchev–Trinajstić information content (AvgIpc) is 2.36. The van der Waals surface area contributed by atoms with E-state index in [1.54, 1.807) is 0 Å². The predicted molar refractivity (Wildman–Crippen MR) is 77.5 cm³/mol. The number of hydrogen-bond acceptors (Lipinski definition) is 1. The molecule has 17 heavy (non-hydrogen) atoms. The standard InChI is InChI=1S/C16H34O/c1-4-7-9-11-13-15-17-16(6-3)14-12-10-8-5-2/h16H,4-15H2,1-3H3. The van der Waals surface area contributed by atoms with E-state index in [-0.39, 0.29) is 0 Å². The molecule has 0 aliphatic carbocycles. The van der Waals surface area contributed by atoms with Gasteiger partial charge in [-0.25, -0.2) is 0 Å². The molecule has 1 unspecified atom stereocenters. The van der Waals surface area contributed by atoms with Gasteiger partial charge in [-0.3, -0.25) is 0 Å². The van der Waals surface area contributed by atoms with Crippen molar-refractivity contribution in [3.63, 3.8) is 0 Å². The van der Waals surface area contributed by atoms with Crippen LogP contribution in [0.1, 0.15) is 91.4 Å². The van der Waals surface area contributed by atoms with Gasteiger partial charge in [0.2, 0.25) is 0 Å². The SMILES string of the molecule is CCCCCCCOC(CC)CCCCCC.